The van der Waals surface area contributed by atoms with Crippen LogP contribution in [-0.2, 0) is 0 Å². The lowest BCUT2D eigenvalue weighted by atomic mass is 10.1. The first kappa shape index (κ1) is 10.2. The summed E-state index contributed by atoms with van der Waals surface area (Å²) in [5.74, 6) is 0. The van der Waals surface area contributed by atoms with Gasteiger partial charge in [-0.15, -0.1) is 0 Å². The number of aryl methyl sites for hydroxylation is 2. The van der Waals surface area contributed by atoms with Crippen molar-refractivity contribution in [3.63, 3.8) is 0 Å². The second-order valence-electron chi connectivity index (χ2n) is 4.54. The average Bonchev–Trinajstić information content (AvgIpc) is 2.81. The molecular formula is C16H15N. The Morgan fingerprint density at radius 3 is 2.24 bits per heavy atom. The number of rotatable bonds is 1. The van der Waals surface area contributed by atoms with Crippen LogP contribution in [0.4, 0.5) is 0 Å². The van der Waals surface area contributed by atoms with Crippen molar-refractivity contribution >= 4 is 10.9 Å². The molecule has 3 aromatic rings. The Kier molecular flexibility index (Phi) is 2.25. The van der Waals surface area contributed by atoms with Gasteiger partial charge in [0.15, 0.2) is 0 Å². The Morgan fingerprint density at radius 2 is 1.53 bits per heavy atom. The third-order valence-corrected chi connectivity index (χ3v) is 3.30. The first-order valence-electron chi connectivity index (χ1n) is 5.90. The molecule has 1 aromatic heterocycles. The summed E-state index contributed by atoms with van der Waals surface area (Å²) in [4.78, 5) is 3.52. The molecular weight excluding hydrogens is 206 g/mol. The number of benzene rings is 2. The summed E-state index contributed by atoms with van der Waals surface area (Å²) in [6.45, 7) is 4.30. The predicted molar refractivity (Wildman–Crippen MR) is 73.2 cm³/mol. The minimum Gasteiger partial charge on any atom is -0.354 e. The molecule has 84 valence electrons. The largest absolute Gasteiger partial charge is 0.354 e. The number of aromatic nitrogens is 1. The Labute approximate surface area is 101 Å². The van der Waals surface area contributed by atoms with E-state index in [-0.39, 0.29) is 0 Å². The van der Waals surface area contributed by atoms with Gasteiger partial charge in [0, 0.05) is 16.6 Å². The van der Waals surface area contributed by atoms with Crippen molar-refractivity contribution in [2.24, 2.45) is 0 Å². The number of hydrogen-bond donors (Lipinski definition) is 1. The van der Waals surface area contributed by atoms with Gasteiger partial charge in [-0.3, -0.25) is 0 Å². The van der Waals surface area contributed by atoms with Crippen LogP contribution in [0.1, 0.15) is 11.1 Å². The number of fused-ring (bicyclic) bond motifs is 1. The number of aromatic amines is 1. The van der Waals surface area contributed by atoms with Gasteiger partial charge in [0.2, 0.25) is 0 Å². The van der Waals surface area contributed by atoms with Crippen molar-refractivity contribution in [1.82, 2.24) is 4.98 Å². The van der Waals surface area contributed by atoms with Gasteiger partial charge in [-0.25, -0.2) is 0 Å². The first-order valence-corrected chi connectivity index (χ1v) is 5.90. The fourth-order valence-corrected chi connectivity index (χ4v) is 2.27. The molecule has 1 heteroatoms. The zero-order valence-corrected chi connectivity index (χ0v) is 10.1. The highest BCUT2D eigenvalue weighted by molar-refractivity contribution is 5.90. The van der Waals surface area contributed by atoms with Crippen LogP contribution >= 0.6 is 0 Å². The number of nitrogens with one attached hydrogen (secondary N) is 1. The Balaban J connectivity index is 2.27. The van der Waals surface area contributed by atoms with E-state index in [9.17, 15) is 0 Å². The molecule has 0 unspecified atom stereocenters. The van der Waals surface area contributed by atoms with Crippen LogP contribution in [0.2, 0.25) is 0 Å². The van der Waals surface area contributed by atoms with E-state index in [0.29, 0.717) is 0 Å². The van der Waals surface area contributed by atoms with Gasteiger partial charge in [0.25, 0.3) is 0 Å². The molecule has 1 heterocycles. The summed E-state index contributed by atoms with van der Waals surface area (Å²) in [5, 5.41) is 1.32. The SMILES string of the molecule is Cc1ccc(C)c2[nH]c(-c3ccccc3)cc12. The van der Waals surface area contributed by atoms with Crippen molar-refractivity contribution in [1.29, 1.82) is 0 Å². The molecule has 0 saturated heterocycles. The Hall–Kier alpha value is -2.02. The maximum Gasteiger partial charge on any atom is 0.0491 e. The van der Waals surface area contributed by atoms with Gasteiger partial charge in [-0.2, -0.15) is 0 Å². The lowest BCUT2D eigenvalue weighted by Crippen LogP contribution is -1.79. The van der Waals surface area contributed by atoms with Crippen molar-refractivity contribution in [2.45, 2.75) is 13.8 Å². The maximum atomic E-state index is 3.52. The first-order chi connectivity index (χ1) is 8.25. The highest BCUT2D eigenvalue weighted by atomic mass is 14.7. The number of hydrogen-bond acceptors (Lipinski definition) is 0. The van der Waals surface area contributed by atoms with Crippen molar-refractivity contribution in [3.05, 3.63) is 59.7 Å². The van der Waals surface area contributed by atoms with Crippen molar-refractivity contribution in [3.8, 4) is 11.3 Å². The average molecular weight is 221 g/mol. The molecule has 1 N–H and O–H groups in total. The van der Waals surface area contributed by atoms with Crippen LogP contribution in [0.5, 0.6) is 0 Å². The molecule has 0 amide bonds. The smallest absolute Gasteiger partial charge is 0.0491 e. The van der Waals surface area contributed by atoms with Crippen molar-refractivity contribution in [2.75, 3.05) is 0 Å². The standard InChI is InChI=1S/C16H15N/c1-11-8-9-12(2)16-14(11)10-15(17-16)13-6-4-3-5-7-13/h3-10,17H,1-2H3. The highest BCUT2D eigenvalue weighted by Gasteiger charge is 2.06. The second-order valence-corrected chi connectivity index (χ2v) is 4.54. The van der Waals surface area contributed by atoms with E-state index in [1.165, 1.54) is 33.3 Å². The normalized spacial score (nSPS) is 10.9. The molecule has 0 atom stereocenters. The molecule has 1 nitrogen and oxygen atoms in total. The van der Waals surface area contributed by atoms with Gasteiger partial charge in [0.05, 0.1) is 0 Å². The van der Waals surface area contributed by atoms with Crippen LogP contribution in [0.3, 0.4) is 0 Å². The lowest BCUT2D eigenvalue weighted by molar-refractivity contribution is 1.39. The van der Waals surface area contributed by atoms with E-state index >= 15 is 0 Å². The fraction of sp³-hybridized carbons (Fsp3) is 0.125. The van der Waals surface area contributed by atoms with Gasteiger partial charge in [-0.05, 0) is 36.6 Å². The zero-order chi connectivity index (χ0) is 11.8. The van der Waals surface area contributed by atoms with Crippen LogP contribution in [0, 0.1) is 13.8 Å². The molecule has 0 aliphatic rings. The summed E-state index contributed by atoms with van der Waals surface area (Å²) >= 11 is 0. The summed E-state index contributed by atoms with van der Waals surface area (Å²) in [6, 6.07) is 17.0. The summed E-state index contributed by atoms with van der Waals surface area (Å²) < 4.78 is 0. The van der Waals surface area contributed by atoms with Crippen LogP contribution in [0.15, 0.2) is 48.5 Å². The van der Waals surface area contributed by atoms with Gasteiger partial charge < -0.3 is 4.98 Å². The lowest BCUT2D eigenvalue weighted by Gasteiger charge is -1.98. The quantitative estimate of drug-likeness (QED) is 0.624. The molecule has 0 fully saturated rings. The van der Waals surface area contributed by atoms with Crippen LogP contribution < -0.4 is 0 Å². The minimum absolute atomic E-state index is 1.19. The molecule has 3 rings (SSSR count). The molecule has 0 bridgehead atoms. The number of H-pyrrole nitrogens is 1. The van der Waals surface area contributed by atoms with E-state index in [0.717, 1.165) is 0 Å². The van der Waals surface area contributed by atoms with Gasteiger partial charge in [-0.1, -0.05) is 42.5 Å². The van der Waals surface area contributed by atoms with E-state index in [1.807, 2.05) is 6.07 Å². The predicted octanol–water partition coefficient (Wildman–Crippen LogP) is 4.45. The highest BCUT2D eigenvalue weighted by Crippen LogP contribution is 2.27. The van der Waals surface area contributed by atoms with Crippen LogP contribution in [-0.4, -0.2) is 4.98 Å². The topological polar surface area (TPSA) is 15.8 Å². The summed E-state index contributed by atoms with van der Waals surface area (Å²) in [6.07, 6.45) is 0. The molecule has 0 spiro atoms. The van der Waals surface area contributed by atoms with Gasteiger partial charge >= 0.3 is 0 Å². The fourth-order valence-electron chi connectivity index (χ4n) is 2.27. The van der Waals surface area contributed by atoms with E-state index in [4.69, 9.17) is 0 Å². The minimum atomic E-state index is 1.19. The Morgan fingerprint density at radius 1 is 0.824 bits per heavy atom. The van der Waals surface area contributed by atoms with E-state index in [1.54, 1.807) is 0 Å². The molecule has 2 aromatic carbocycles. The summed E-state index contributed by atoms with van der Waals surface area (Å²) in [7, 11) is 0. The third kappa shape index (κ3) is 1.64. The van der Waals surface area contributed by atoms with Gasteiger partial charge in [0.1, 0.15) is 0 Å². The molecule has 0 radical (unpaired) electrons. The zero-order valence-electron chi connectivity index (χ0n) is 10.1. The Bertz CT molecular complexity index is 624. The van der Waals surface area contributed by atoms with E-state index < -0.39 is 0 Å². The maximum absolute atomic E-state index is 3.52. The second kappa shape index (κ2) is 3.77. The van der Waals surface area contributed by atoms with E-state index in [2.05, 4.69) is 61.3 Å². The molecule has 17 heavy (non-hydrogen) atoms. The van der Waals surface area contributed by atoms with Crippen LogP contribution in [0.25, 0.3) is 22.2 Å². The molecule has 0 aliphatic carbocycles. The van der Waals surface area contributed by atoms with Crippen molar-refractivity contribution < 1.29 is 0 Å². The third-order valence-electron chi connectivity index (χ3n) is 3.30. The molecule has 0 saturated carbocycles. The summed E-state index contributed by atoms with van der Waals surface area (Å²) in [5.41, 5.74) is 6.31. The molecule has 0 aliphatic heterocycles. The monoisotopic (exact) mass is 221 g/mol.